The van der Waals surface area contributed by atoms with Gasteiger partial charge in [0.05, 0.1) is 11.6 Å². The van der Waals surface area contributed by atoms with Gasteiger partial charge in [0, 0.05) is 19.3 Å². The first kappa shape index (κ1) is 15.0. The summed E-state index contributed by atoms with van der Waals surface area (Å²) >= 11 is 0. The van der Waals surface area contributed by atoms with Gasteiger partial charge in [-0.25, -0.2) is 0 Å². The molecule has 1 aromatic heterocycles. The van der Waals surface area contributed by atoms with Gasteiger partial charge in [-0.15, -0.1) is 0 Å². The van der Waals surface area contributed by atoms with E-state index in [1.54, 1.807) is 0 Å². The summed E-state index contributed by atoms with van der Waals surface area (Å²) in [6.45, 7) is 4.63. The predicted octanol–water partition coefficient (Wildman–Crippen LogP) is 2.27. The quantitative estimate of drug-likeness (QED) is 0.803. The average Bonchev–Trinajstić information content (AvgIpc) is 2.87. The molecule has 2 atom stereocenters. The van der Waals surface area contributed by atoms with E-state index in [-0.39, 0.29) is 11.8 Å². The summed E-state index contributed by atoms with van der Waals surface area (Å²) in [5.74, 6) is -0.534. The topological polar surface area (TPSA) is 67.2 Å². The van der Waals surface area contributed by atoms with Crippen LogP contribution in [0.25, 0.3) is 0 Å². The van der Waals surface area contributed by atoms with Crippen molar-refractivity contribution in [1.29, 1.82) is 0 Å². The summed E-state index contributed by atoms with van der Waals surface area (Å²) in [5.41, 5.74) is 1.18. The highest BCUT2D eigenvalue weighted by Gasteiger charge is 2.30. The van der Waals surface area contributed by atoms with Gasteiger partial charge in [-0.1, -0.05) is 19.8 Å². The van der Waals surface area contributed by atoms with E-state index in [4.69, 9.17) is 0 Å². The zero-order valence-electron chi connectivity index (χ0n) is 12.2. The third-order valence-corrected chi connectivity index (χ3v) is 4.18. The second-order valence-electron chi connectivity index (χ2n) is 5.67. The van der Waals surface area contributed by atoms with Crippen molar-refractivity contribution in [1.82, 2.24) is 15.1 Å². The predicted molar refractivity (Wildman–Crippen MR) is 77.3 cm³/mol. The number of hydrogen-bond acceptors (Lipinski definition) is 3. The van der Waals surface area contributed by atoms with Gasteiger partial charge in [0.2, 0.25) is 0 Å². The van der Waals surface area contributed by atoms with Crippen molar-refractivity contribution in [2.45, 2.75) is 52.1 Å². The Morgan fingerprint density at radius 1 is 1.50 bits per heavy atom. The first-order chi connectivity index (χ1) is 9.72. The van der Waals surface area contributed by atoms with Crippen LogP contribution in [0.2, 0.25) is 0 Å². The van der Waals surface area contributed by atoms with Crippen LogP contribution >= 0.6 is 0 Å². The standard InChI is InChI=1S/C15H25N3O2/c1-2-9-18-13(7-8-17-18)11-16-10-12-5-3-4-6-14(12)15(19)20/h7-8,12,14,16H,2-6,9-11H2,1H3,(H,19,20). The highest BCUT2D eigenvalue weighted by molar-refractivity contribution is 5.70. The van der Waals surface area contributed by atoms with E-state index >= 15 is 0 Å². The van der Waals surface area contributed by atoms with Gasteiger partial charge in [0.15, 0.2) is 0 Å². The van der Waals surface area contributed by atoms with Crippen LogP contribution < -0.4 is 5.32 Å². The Morgan fingerprint density at radius 2 is 2.30 bits per heavy atom. The van der Waals surface area contributed by atoms with Crippen LogP contribution in [0.1, 0.15) is 44.7 Å². The van der Waals surface area contributed by atoms with Gasteiger partial charge in [-0.3, -0.25) is 9.48 Å². The zero-order chi connectivity index (χ0) is 14.4. The summed E-state index contributed by atoms with van der Waals surface area (Å²) in [5, 5.41) is 17.0. The van der Waals surface area contributed by atoms with Crippen LogP contribution in [-0.2, 0) is 17.9 Å². The maximum absolute atomic E-state index is 11.3. The molecule has 0 saturated heterocycles. The lowest BCUT2D eigenvalue weighted by molar-refractivity contribution is -0.144. The molecule has 1 aliphatic rings. The number of carboxylic acids is 1. The minimum atomic E-state index is -0.632. The molecule has 2 unspecified atom stereocenters. The maximum Gasteiger partial charge on any atom is 0.306 e. The Bertz CT molecular complexity index is 431. The summed E-state index contributed by atoms with van der Waals surface area (Å²) < 4.78 is 2.02. The highest BCUT2D eigenvalue weighted by atomic mass is 16.4. The molecule has 0 radical (unpaired) electrons. The van der Waals surface area contributed by atoms with Gasteiger partial charge >= 0.3 is 5.97 Å². The van der Waals surface area contributed by atoms with Gasteiger partial charge < -0.3 is 10.4 Å². The Morgan fingerprint density at radius 3 is 3.05 bits per heavy atom. The molecule has 0 bridgehead atoms. The molecule has 0 aromatic carbocycles. The molecule has 1 aliphatic carbocycles. The summed E-state index contributed by atoms with van der Waals surface area (Å²) in [6.07, 6.45) is 6.96. The maximum atomic E-state index is 11.3. The van der Waals surface area contributed by atoms with Crippen LogP contribution in [0.15, 0.2) is 12.3 Å². The molecule has 5 heteroatoms. The number of carboxylic acid groups (broad SMARTS) is 1. The largest absolute Gasteiger partial charge is 0.481 e. The number of nitrogens with zero attached hydrogens (tertiary/aromatic N) is 2. The second-order valence-corrected chi connectivity index (χ2v) is 5.67. The number of aromatic nitrogens is 2. The molecule has 2 N–H and O–H groups in total. The lowest BCUT2D eigenvalue weighted by Crippen LogP contribution is -2.34. The van der Waals surface area contributed by atoms with Gasteiger partial charge in [0.1, 0.15) is 0 Å². The highest BCUT2D eigenvalue weighted by Crippen LogP contribution is 2.29. The molecule has 1 fully saturated rings. The summed E-state index contributed by atoms with van der Waals surface area (Å²) in [7, 11) is 0. The van der Waals surface area contributed by atoms with Crippen molar-refractivity contribution >= 4 is 5.97 Å². The van der Waals surface area contributed by atoms with Crippen LogP contribution in [0, 0.1) is 11.8 Å². The van der Waals surface area contributed by atoms with Crippen LogP contribution in [0.5, 0.6) is 0 Å². The fourth-order valence-corrected chi connectivity index (χ4v) is 3.09. The van der Waals surface area contributed by atoms with E-state index < -0.39 is 5.97 Å². The van der Waals surface area contributed by atoms with Crippen molar-refractivity contribution < 1.29 is 9.90 Å². The third kappa shape index (κ3) is 3.82. The number of rotatable bonds is 7. The lowest BCUT2D eigenvalue weighted by atomic mass is 9.79. The molecule has 1 heterocycles. The van der Waals surface area contributed by atoms with E-state index in [0.717, 1.165) is 51.7 Å². The average molecular weight is 279 g/mol. The van der Waals surface area contributed by atoms with E-state index in [0.29, 0.717) is 0 Å². The normalized spacial score (nSPS) is 22.9. The Labute approximate surface area is 120 Å². The molecular formula is C15H25N3O2. The smallest absolute Gasteiger partial charge is 0.306 e. The molecule has 0 aliphatic heterocycles. The van der Waals surface area contributed by atoms with E-state index in [1.165, 1.54) is 5.69 Å². The first-order valence-electron chi connectivity index (χ1n) is 7.66. The van der Waals surface area contributed by atoms with E-state index in [1.807, 2.05) is 16.9 Å². The van der Waals surface area contributed by atoms with Crippen molar-refractivity contribution in [2.24, 2.45) is 11.8 Å². The molecule has 20 heavy (non-hydrogen) atoms. The zero-order valence-corrected chi connectivity index (χ0v) is 12.2. The van der Waals surface area contributed by atoms with Crippen LogP contribution in [0.3, 0.4) is 0 Å². The second kappa shape index (κ2) is 7.43. The Kier molecular flexibility index (Phi) is 5.59. The minimum Gasteiger partial charge on any atom is -0.481 e. The Balaban J connectivity index is 1.82. The summed E-state index contributed by atoms with van der Waals surface area (Å²) in [6, 6.07) is 2.03. The fraction of sp³-hybridized carbons (Fsp3) is 0.733. The number of aryl methyl sites for hydroxylation is 1. The molecule has 5 nitrogen and oxygen atoms in total. The van der Waals surface area contributed by atoms with Crippen molar-refractivity contribution in [2.75, 3.05) is 6.54 Å². The Hall–Kier alpha value is -1.36. The lowest BCUT2D eigenvalue weighted by Gasteiger charge is -2.28. The number of hydrogen-bond donors (Lipinski definition) is 2. The molecule has 2 rings (SSSR count). The molecular weight excluding hydrogens is 254 g/mol. The number of carbonyl (C=O) groups is 1. The van der Waals surface area contributed by atoms with Crippen LogP contribution in [0.4, 0.5) is 0 Å². The fourth-order valence-electron chi connectivity index (χ4n) is 3.09. The monoisotopic (exact) mass is 279 g/mol. The molecule has 112 valence electrons. The van der Waals surface area contributed by atoms with E-state index in [9.17, 15) is 9.90 Å². The third-order valence-electron chi connectivity index (χ3n) is 4.18. The van der Waals surface area contributed by atoms with Crippen molar-refractivity contribution in [3.05, 3.63) is 18.0 Å². The summed E-state index contributed by atoms with van der Waals surface area (Å²) in [4.78, 5) is 11.3. The van der Waals surface area contributed by atoms with Gasteiger partial charge in [-0.2, -0.15) is 5.10 Å². The van der Waals surface area contributed by atoms with E-state index in [2.05, 4.69) is 17.3 Å². The SMILES string of the molecule is CCCn1nccc1CNCC1CCCCC1C(=O)O. The van der Waals surface area contributed by atoms with Crippen molar-refractivity contribution in [3.63, 3.8) is 0 Å². The number of nitrogens with one attached hydrogen (secondary N) is 1. The van der Waals surface area contributed by atoms with Crippen LogP contribution in [-0.4, -0.2) is 27.4 Å². The molecule has 0 amide bonds. The molecule has 1 aromatic rings. The van der Waals surface area contributed by atoms with Crippen molar-refractivity contribution in [3.8, 4) is 0 Å². The number of aliphatic carboxylic acids is 1. The molecule has 1 saturated carbocycles. The first-order valence-corrected chi connectivity index (χ1v) is 7.66. The van der Waals surface area contributed by atoms with Gasteiger partial charge in [-0.05, 0) is 37.8 Å². The minimum absolute atomic E-state index is 0.170. The molecule has 0 spiro atoms. The van der Waals surface area contributed by atoms with Gasteiger partial charge in [0.25, 0.3) is 0 Å².